The lowest BCUT2D eigenvalue weighted by molar-refractivity contribution is -0.141. The lowest BCUT2D eigenvalue weighted by Gasteiger charge is -2.19. The van der Waals surface area contributed by atoms with Gasteiger partial charge in [0.2, 0.25) is 5.75 Å². The van der Waals surface area contributed by atoms with Gasteiger partial charge in [0.05, 0.1) is 38.6 Å². The Labute approximate surface area is 351 Å². The Morgan fingerprint density at radius 1 is 0.368 bits per heavy atom. The summed E-state index contributed by atoms with van der Waals surface area (Å²) in [5.74, 6) is 1.25. The van der Waals surface area contributed by atoms with Gasteiger partial charge < -0.3 is 23.7 Å². The number of hydrogen-bond acceptors (Lipinski definition) is 7. The number of carbonyl (C=O) groups is 2. The molecule has 7 nitrogen and oxygen atoms in total. The van der Waals surface area contributed by atoms with Gasteiger partial charge in [-0.15, -0.1) is 0 Å². The average molecular weight is 803 g/mol. The van der Waals surface area contributed by atoms with E-state index in [1.807, 2.05) is 12.1 Å². The van der Waals surface area contributed by atoms with Crippen molar-refractivity contribution >= 4 is 11.9 Å². The van der Waals surface area contributed by atoms with Crippen LogP contribution in [0, 0.1) is 0 Å². The fourth-order valence-electron chi connectivity index (χ4n) is 7.20. The van der Waals surface area contributed by atoms with E-state index in [1.165, 1.54) is 142 Å². The SMILES string of the molecule is CCCCCCCCCCCOc1cc(C(=O)OCCCCCCCCOC(C)=O)cc(OCCCCCCCCCCC)c1OCCCCCCCCCCC. The monoisotopic (exact) mass is 803 g/mol. The highest BCUT2D eigenvalue weighted by Gasteiger charge is 2.20. The zero-order valence-corrected chi connectivity index (χ0v) is 37.9. The molecule has 1 aromatic rings. The maximum Gasteiger partial charge on any atom is 0.338 e. The van der Waals surface area contributed by atoms with Gasteiger partial charge in [0.15, 0.2) is 11.5 Å². The number of carbonyl (C=O) groups excluding carboxylic acids is 2. The highest BCUT2D eigenvalue weighted by atomic mass is 16.5. The summed E-state index contributed by atoms with van der Waals surface area (Å²) in [6.45, 7) is 10.9. The minimum Gasteiger partial charge on any atom is -0.490 e. The normalized spacial score (nSPS) is 11.2. The Morgan fingerprint density at radius 3 is 0.982 bits per heavy atom. The molecule has 0 unspecified atom stereocenters. The van der Waals surface area contributed by atoms with E-state index in [0.717, 1.165) is 77.0 Å². The minimum absolute atomic E-state index is 0.219. The highest BCUT2D eigenvalue weighted by molar-refractivity contribution is 5.91. The molecule has 0 fully saturated rings. The van der Waals surface area contributed by atoms with Crippen molar-refractivity contribution in [2.24, 2.45) is 0 Å². The first-order valence-electron chi connectivity index (χ1n) is 24.4. The van der Waals surface area contributed by atoms with Crippen LogP contribution in [0.5, 0.6) is 17.2 Å². The largest absolute Gasteiger partial charge is 0.490 e. The molecule has 0 atom stereocenters. The Balaban J connectivity index is 2.88. The quantitative estimate of drug-likeness (QED) is 0.0480. The number of rotatable bonds is 43. The summed E-state index contributed by atoms with van der Waals surface area (Å²) >= 11 is 0. The van der Waals surface area contributed by atoms with Gasteiger partial charge in [-0.25, -0.2) is 4.79 Å². The van der Waals surface area contributed by atoms with Crippen molar-refractivity contribution in [1.82, 2.24) is 0 Å². The van der Waals surface area contributed by atoms with Crippen molar-refractivity contribution in [2.75, 3.05) is 33.0 Å². The van der Waals surface area contributed by atoms with Crippen molar-refractivity contribution in [2.45, 2.75) is 240 Å². The van der Waals surface area contributed by atoms with Crippen LogP contribution in [-0.4, -0.2) is 45.0 Å². The van der Waals surface area contributed by atoms with E-state index in [2.05, 4.69) is 20.8 Å². The van der Waals surface area contributed by atoms with E-state index in [0.29, 0.717) is 55.8 Å². The van der Waals surface area contributed by atoms with Crippen molar-refractivity contribution in [1.29, 1.82) is 0 Å². The number of esters is 2. The number of unbranched alkanes of at least 4 members (excludes halogenated alkanes) is 29. The molecule has 0 aliphatic rings. The van der Waals surface area contributed by atoms with Gasteiger partial charge in [-0.1, -0.05) is 201 Å². The van der Waals surface area contributed by atoms with E-state index in [-0.39, 0.29) is 11.9 Å². The fourth-order valence-corrected chi connectivity index (χ4v) is 7.20. The first kappa shape index (κ1) is 52.6. The van der Waals surface area contributed by atoms with Crippen LogP contribution in [0.4, 0.5) is 0 Å². The van der Waals surface area contributed by atoms with Gasteiger partial charge in [-0.05, 0) is 44.2 Å². The van der Waals surface area contributed by atoms with Crippen LogP contribution in [0.2, 0.25) is 0 Å². The second-order valence-corrected chi connectivity index (χ2v) is 16.4. The molecule has 1 aromatic carbocycles. The van der Waals surface area contributed by atoms with E-state index >= 15 is 0 Å². The number of ether oxygens (including phenoxy) is 5. The van der Waals surface area contributed by atoms with Crippen LogP contribution < -0.4 is 14.2 Å². The molecule has 0 amide bonds. The molecule has 0 heterocycles. The first-order valence-corrected chi connectivity index (χ1v) is 24.4. The first-order chi connectivity index (χ1) is 28.0. The summed E-state index contributed by atoms with van der Waals surface area (Å²) in [7, 11) is 0. The topological polar surface area (TPSA) is 80.3 Å². The van der Waals surface area contributed by atoms with Crippen LogP contribution in [0.1, 0.15) is 250 Å². The van der Waals surface area contributed by atoms with Crippen LogP contribution in [0.25, 0.3) is 0 Å². The molecule has 0 bridgehead atoms. The molecule has 332 valence electrons. The number of benzene rings is 1. The van der Waals surface area contributed by atoms with Crippen molar-refractivity contribution in [3.05, 3.63) is 17.7 Å². The molecule has 0 saturated heterocycles. The Kier molecular flexibility index (Phi) is 37.2. The third-order valence-corrected chi connectivity index (χ3v) is 10.8. The van der Waals surface area contributed by atoms with Gasteiger partial charge in [0.25, 0.3) is 0 Å². The molecule has 0 spiro atoms. The average Bonchev–Trinajstić information content (AvgIpc) is 3.20. The Hall–Kier alpha value is -2.44. The van der Waals surface area contributed by atoms with Gasteiger partial charge in [0.1, 0.15) is 0 Å². The summed E-state index contributed by atoms with van der Waals surface area (Å²) in [5.41, 5.74) is 0.458. The molecule has 0 saturated carbocycles. The zero-order chi connectivity index (χ0) is 41.3. The molecule has 57 heavy (non-hydrogen) atoms. The van der Waals surface area contributed by atoms with Crippen molar-refractivity contribution in [3.63, 3.8) is 0 Å². The summed E-state index contributed by atoms with van der Waals surface area (Å²) < 4.78 is 30.2. The van der Waals surface area contributed by atoms with E-state index < -0.39 is 0 Å². The zero-order valence-electron chi connectivity index (χ0n) is 37.9. The summed E-state index contributed by atoms with van der Waals surface area (Å²) in [6.07, 6.45) is 39.7. The molecule has 0 aliphatic heterocycles. The highest BCUT2D eigenvalue weighted by Crippen LogP contribution is 2.40. The molecule has 0 radical (unpaired) electrons. The molecule has 0 aliphatic carbocycles. The molecule has 7 heteroatoms. The Bertz CT molecular complexity index is 1010. The maximum absolute atomic E-state index is 13.4. The van der Waals surface area contributed by atoms with E-state index in [9.17, 15) is 9.59 Å². The van der Waals surface area contributed by atoms with Crippen LogP contribution in [0.15, 0.2) is 12.1 Å². The van der Waals surface area contributed by atoms with Gasteiger partial charge in [-0.2, -0.15) is 0 Å². The molecular formula is C50H90O7. The number of hydrogen-bond donors (Lipinski definition) is 0. The summed E-state index contributed by atoms with van der Waals surface area (Å²) in [4.78, 5) is 24.4. The molecule has 0 aromatic heterocycles. The van der Waals surface area contributed by atoms with Crippen molar-refractivity contribution in [3.8, 4) is 17.2 Å². The second kappa shape index (κ2) is 40.3. The predicted molar refractivity (Wildman–Crippen MR) is 239 cm³/mol. The van der Waals surface area contributed by atoms with Gasteiger partial charge >= 0.3 is 11.9 Å². The van der Waals surface area contributed by atoms with Crippen LogP contribution in [0.3, 0.4) is 0 Å². The molecule has 1 rings (SSSR count). The van der Waals surface area contributed by atoms with Crippen molar-refractivity contribution < 1.29 is 33.3 Å². The van der Waals surface area contributed by atoms with Crippen LogP contribution >= 0.6 is 0 Å². The Morgan fingerprint density at radius 2 is 0.649 bits per heavy atom. The standard InChI is InChI=1S/C50H90O7/c1-5-8-11-14-17-20-23-29-34-39-54-47-43-46(50(52)57-42-37-32-27-26-28-33-38-53-45(4)51)44-48(55-40-35-30-24-21-18-15-12-9-6-2)49(47)56-41-36-31-25-22-19-16-13-10-7-3/h43-44H,5-42H2,1-4H3. The summed E-state index contributed by atoms with van der Waals surface area (Å²) in [5, 5.41) is 0. The minimum atomic E-state index is -0.345. The third kappa shape index (κ3) is 32.1. The second-order valence-electron chi connectivity index (χ2n) is 16.4. The molecular weight excluding hydrogens is 713 g/mol. The maximum atomic E-state index is 13.4. The summed E-state index contributed by atoms with van der Waals surface area (Å²) in [6, 6.07) is 3.63. The van der Waals surface area contributed by atoms with Gasteiger partial charge in [0, 0.05) is 6.92 Å². The lowest BCUT2D eigenvalue weighted by Crippen LogP contribution is -2.11. The smallest absolute Gasteiger partial charge is 0.338 e. The molecule has 0 N–H and O–H groups in total. The van der Waals surface area contributed by atoms with Crippen LogP contribution in [-0.2, 0) is 14.3 Å². The lowest BCUT2D eigenvalue weighted by atomic mass is 10.1. The third-order valence-electron chi connectivity index (χ3n) is 10.8. The van der Waals surface area contributed by atoms with Gasteiger partial charge in [-0.3, -0.25) is 4.79 Å². The predicted octanol–water partition coefficient (Wildman–Crippen LogP) is 15.5. The fraction of sp³-hybridized carbons (Fsp3) is 0.840. The van der Waals surface area contributed by atoms with E-state index in [4.69, 9.17) is 23.7 Å². The van der Waals surface area contributed by atoms with E-state index in [1.54, 1.807) is 0 Å².